The Morgan fingerprint density at radius 3 is 2.63 bits per heavy atom. The minimum absolute atomic E-state index is 0.0718. The molecule has 1 N–H and O–H groups in total. The molecule has 0 aliphatic heterocycles. The van der Waals surface area contributed by atoms with E-state index in [0.29, 0.717) is 12.2 Å². The summed E-state index contributed by atoms with van der Waals surface area (Å²) in [4.78, 5) is 22.1. The van der Waals surface area contributed by atoms with E-state index in [1.807, 2.05) is 37.3 Å². The number of hydrogen-bond acceptors (Lipinski definition) is 3. The summed E-state index contributed by atoms with van der Waals surface area (Å²) in [5, 5.41) is 2.97. The fourth-order valence-electron chi connectivity index (χ4n) is 3.43. The van der Waals surface area contributed by atoms with Gasteiger partial charge in [-0.3, -0.25) is 4.79 Å². The monoisotopic (exact) mass is 421 g/mol. The summed E-state index contributed by atoms with van der Waals surface area (Å²) in [6.45, 7) is 2.04. The van der Waals surface area contributed by atoms with Crippen molar-refractivity contribution in [3.63, 3.8) is 0 Å². The zero-order valence-corrected chi connectivity index (χ0v) is 16.7. The van der Waals surface area contributed by atoms with Crippen LogP contribution < -0.4 is 5.32 Å². The number of rotatable bonds is 4. The van der Waals surface area contributed by atoms with E-state index in [1.54, 1.807) is 0 Å². The summed E-state index contributed by atoms with van der Waals surface area (Å²) in [6, 6.07) is 16.1. The van der Waals surface area contributed by atoms with Crippen molar-refractivity contribution in [1.82, 2.24) is 9.97 Å². The predicted octanol–water partition coefficient (Wildman–Crippen LogP) is 4.75. The average Bonchev–Trinajstić information content (AvgIpc) is 2.69. The van der Waals surface area contributed by atoms with Gasteiger partial charge in [-0.25, -0.2) is 9.97 Å². The number of aryl methyl sites for hydroxylation is 3. The second kappa shape index (κ2) is 7.61. The highest BCUT2D eigenvalue weighted by atomic mass is 79.9. The van der Waals surface area contributed by atoms with Crippen LogP contribution in [-0.2, 0) is 30.5 Å². The van der Waals surface area contributed by atoms with Crippen LogP contribution in [0.1, 0.15) is 29.4 Å². The van der Waals surface area contributed by atoms with Crippen molar-refractivity contribution in [2.45, 2.75) is 32.6 Å². The molecule has 0 saturated heterocycles. The van der Waals surface area contributed by atoms with Crippen molar-refractivity contribution < 1.29 is 4.79 Å². The zero-order valence-electron chi connectivity index (χ0n) is 15.1. The highest BCUT2D eigenvalue weighted by Gasteiger charge is 2.21. The van der Waals surface area contributed by atoms with Crippen molar-refractivity contribution in [2.24, 2.45) is 0 Å². The molecule has 0 radical (unpaired) electrons. The molecular formula is C22H20BrN3O. The molecule has 5 heteroatoms. The third kappa shape index (κ3) is 3.78. The Labute approximate surface area is 167 Å². The van der Waals surface area contributed by atoms with Crippen molar-refractivity contribution in [1.29, 1.82) is 0 Å². The summed E-state index contributed by atoms with van der Waals surface area (Å²) < 4.78 is 1.00. The lowest BCUT2D eigenvalue weighted by Gasteiger charge is -2.20. The standard InChI is InChI=1S/C22H20BrN3O/c1-2-18-22(26-20(27)13-14-7-10-16(23)11-8-14)25-19-12-9-15-5-3-4-6-17(15)21(19)24-18/h3-8,10-11H,2,9,12-13H2,1H3,(H,25,26,27). The number of anilines is 1. The van der Waals surface area contributed by atoms with Gasteiger partial charge in [-0.1, -0.05) is 59.3 Å². The first kappa shape index (κ1) is 17.9. The first-order valence-electron chi connectivity index (χ1n) is 9.16. The molecule has 4 nitrogen and oxygen atoms in total. The van der Waals surface area contributed by atoms with Crippen LogP contribution in [0.3, 0.4) is 0 Å². The summed E-state index contributed by atoms with van der Waals surface area (Å²) >= 11 is 3.41. The minimum atomic E-state index is -0.0718. The summed E-state index contributed by atoms with van der Waals surface area (Å²) in [5.41, 5.74) is 6.19. The van der Waals surface area contributed by atoms with Crippen LogP contribution in [0.25, 0.3) is 11.3 Å². The molecule has 3 aromatic rings. The number of benzene rings is 2. The summed E-state index contributed by atoms with van der Waals surface area (Å²) in [5.74, 6) is 0.523. The van der Waals surface area contributed by atoms with Gasteiger partial charge in [-0.2, -0.15) is 0 Å². The molecule has 1 aliphatic rings. The molecule has 27 heavy (non-hydrogen) atoms. The molecule has 4 rings (SSSR count). The molecule has 1 aliphatic carbocycles. The fourth-order valence-corrected chi connectivity index (χ4v) is 3.69. The van der Waals surface area contributed by atoms with E-state index in [2.05, 4.69) is 39.4 Å². The van der Waals surface area contributed by atoms with Gasteiger partial charge in [-0.05, 0) is 42.5 Å². The Hall–Kier alpha value is -2.53. The zero-order chi connectivity index (χ0) is 18.8. The Bertz CT molecular complexity index is 999. The third-order valence-corrected chi connectivity index (χ3v) is 5.34. The van der Waals surface area contributed by atoms with Crippen molar-refractivity contribution in [3.8, 4) is 11.3 Å². The molecule has 0 unspecified atom stereocenters. The Balaban J connectivity index is 1.60. The van der Waals surface area contributed by atoms with Crippen LogP contribution in [-0.4, -0.2) is 15.9 Å². The average molecular weight is 422 g/mol. The normalized spacial score (nSPS) is 12.2. The molecule has 1 aromatic heterocycles. The van der Waals surface area contributed by atoms with E-state index in [-0.39, 0.29) is 5.91 Å². The van der Waals surface area contributed by atoms with Crippen molar-refractivity contribution in [3.05, 3.63) is 75.5 Å². The second-order valence-electron chi connectivity index (χ2n) is 6.68. The van der Waals surface area contributed by atoms with E-state index in [1.165, 1.54) is 5.56 Å². The lowest BCUT2D eigenvalue weighted by molar-refractivity contribution is -0.115. The molecule has 1 heterocycles. The molecule has 2 aromatic carbocycles. The Morgan fingerprint density at radius 2 is 1.85 bits per heavy atom. The fraction of sp³-hybridized carbons (Fsp3) is 0.227. The van der Waals surface area contributed by atoms with Crippen LogP contribution in [0.4, 0.5) is 5.82 Å². The highest BCUT2D eigenvalue weighted by Crippen LogP contribution is 2.32. The molecule has 1 amide bonds. The van der Waals surface area contributed by atoms with E-state index in [0.717, 1.165) is 51.9 Å². The van der Waals surface area contributed by atoms with E-state index >= 15 is 0 Å². The predicted molar refractivity (Wildman–Crippen MR) is 111 cm³/mol. The Kier molecular flexibility index (Phi) is 5.03. The van der Waals surface area contributed by atoms with Crippen molar-refractivity contribution in [2.75, 3.05) is 5.32 Å². The maximum atomic E-state index is 12.5. The topological polar surface area (TPSA) is 54.9 Å². The maximum Gasteiger partial charge on any atom is 0.229 e. The number of amides is 1. The molecule has 0 fully saturated rings. The van der Waals surface area contributed by atoms with Crippen LogP contribution in [0.2, 0.25) is 0 Å². The van der Waals surface area contributed by atoms with Crippen LogP contribution in [0.15, 0.2) is 53.0 Å². The first-order chi connectivity index (χ1) is 13.1. The first-order valence-corrected chi connectivity index (χ1v) is 9.95. The van der Waals surface area contributed by atoms with Gasteiger partial charge < -0.3 is 5.32 Å². The van der Waals surface area contributed by atoms with Gasteiger partial charge in [0.15, 0.2) is 5.82 Å². The lowest BCUT2D eigenvalue weighted by Crippen LogP contribution is -2.19. The van der Waals surface area contributed by atoms with Gasteiger partial charge in [0.05, 0.1) is 23.5 Å². The van der Waals surface area contributed by atoms with Crippen LogP contribution in [0.5, 0.6) is 0 Å². The van der Waals surface area contributed by atoms with Gasteiger partial charge in [0, 0.05) is 10.0 Å². The molecule has 0 bridgehead atoms. The summed E-state index contributed by atoms with van der Waals surface area (Å²) in [6.07, 6.45) is 2.84. The molecule has 0 saturated carbocycles. The van der Waals surface area contributed by atoms with Crippen LogP contribution in [0, 0.1) is 0 Å². The van der Waals surface area contributed by atoms with Crippen molar-refractivity contribution >= 4 is 27.7 Å². The molecular weight excluding hydrogens is 402 g/mol. The highest BCUT2D eigenvalue weighted by molar-refractivity contribution is 9.10. The van der Waals surface area contributed by atoms with Crippen LogP contribution >= 0.6 is 15.9 Å². The van der Waals surface area contributed by atoms with E-state index in [4.69, 9.17) is 9.97 Å². The SMILES string of the molecule is CCc1nc2c(nc1NC(=O)Cc1ccc(Br)cc1)CCc1ccccc1-2. The van der Waals surface area contributed by atoms with Gasteiger partial charge >= 0.3 is 0 Å². The van der Waals surface area contributed by atoms with Gasteiger partial charge in [-0.15, -0.1) is 0 Å². The minimum Gasteiger partial charge on any atom is -0.309 e. The lowest BCUT2D eigenvalue weighted by atomic mass is 9.92. The number of fused-ring (bicyclic) bond motifs is 3. The third-order valence-electron chi connectivity index (χ3n) is 4.81. The number of halogens is 1. The number of nitrogens with zero attached hydrogens (tertiary/aromatic N) is 2. The van der Waals surface area contributed by atoms with Gasteiger partial charge in [0.25, 0.3) is 0 Å². The second-order valence-corrected chi connectivity index (χ2v) is 7.59. The number of hydrogen-bond donors (Lipinski definition) is 1. The quantitative estimate of drug-likeness (QED) is 0.661. The Morgan fingerprint density at radius 1 is 1.07 bits per heavy atom. The van der Waals surface area contributed by atoms with E-state index in [9.17, 15) is 4.79 Å². The number of carbonyl (C=O) groups is 1. The molecule has 0 atom stereocenters. The number of nitrogens with one attached hydrogen (secondary N) is 1. The van der Waals surface area contributed by atoms with Gasteiger partial charge in [0.2, 0.25) is 5.91 Å². The van der Waals surface area contributed by atoms with E-state index < -0.39 is 0 Å². The number of carbonyl (C=O) groups excluding carboxylic acids is 1. The molecule has 0 spiro atoms. The summed E-state index contributed by atoms with van der Waals surface area (Å²) in [7, 11) is 0. The van der Waals surface area contributed by atoms with Gasteiger partial charge in [0.1, 0.15) is 0 Å². The molecule has 136 valence electrons. The largest absolute Gasteiger partial charge is 0.309 e. The maximum absolute atomic E-state index is 12.5. The smallest absolute Gasteiger partial charge is 0.229 e. The number of aromatic nitrogens is 2.